The molecule has 4 nitrogen and oxygen atoms in total. The lowest BCUT2D eigenvalue weighted by Crippen LogP contribution is -2.35. The minimum Gasteiger partial charge on any atom is -0.394 e. The number of hydrogen-bond donors (Lipinski definition) is 2. The van der Waals surface area contributed by atoms with Crippen LogP contribution in [0.3, 0.4) is 0 Å². The molecule has 1 saturated heterocycles. The molecule has 0 aromatic carbocycles. The number of pyridine rings is 1. The van der Waals surface area contributed by atoms with Crippen molar-refractivity contribution in [2.45, 2.75) is 38.8 Å². The molecule has 2 unspecified atom stereocenters. The fraction of sp³-hybridized carbons (Fsp3) is 0.643. The first-order valence-electron chi connectivity index (χ1n) is 6.76. The second-order valence-electron chi connectivity index (χ2n) is 5.17. The van der Waals surface area contributed by atoms with Gasteiger partial charge in [0.05, 0.1) is 30.2 Å². The number of aromatic nitrogens is 1. The standard InChI is InChI=1S/C14H23N3O/c1-3-12(15)13-5-4-11(8-16-13)17-7-6-10(2)14(17)9-18/h4-5,8,10,12,14,18H,3,6-7,9,15H2,1-2H3/t10?,12-,14?/m1/s1. The molecule has 2 rings (SSSR count). The van der Waals surface area contributed by atoms with Crippen LogP contribution >= 0.6 is 0 Å². The summed E-state index contributed by atoms with van der Waals surface area (Å²) in [6.45, 7) is 5.45. The van der Waals surface area contributed by atoms with Gasteiger partial charge in [0.1, 0.15) is 0 Å². The quantitative estimate of drug-likeness (QED) is 0.852. The van der Waals surface area contributed by atoms with Crippen LogP contribution in [0.2, 0.25) is 0 Å². The first-order chi connectivity index (χ1) is 8.67. The summed E-state index contributed by atoms with van der Waals surface area (Å²) in [5.41, 5.74) is 7.98. The lowest BCUT2D eigenvalue weighted by atomic mass is 10.0. The smallest absolute Gasteiger partial charge is 0.0637 e. The minimum atomic E-state index is 0.0187. The second kappa shape index (κ2) is 5.67. The highest BCUT2D eigenvalue weighted by molar-refractivity contribution is 5.47. The van der Waals surface area contributed by atoms with Crippen molar-refractivity contribution in [1.29, 1.82) is 0 Å². The molecule has 0 radical (unpaired) electrons. The number of anilines is 1. The third-order valence-corrected chi connectivity index (χ3v) is 3.99. The van der Waals surface area contributed by atoms with Gasteiger partial charge in [-0.1, -0.05) is 13.8 Å². The third-order valence-electron chi connectivity index (χ3n) is 3.99. The monoisotopic (exact) mass is 249 g/mol. The van der Waals surface area contributed by atoms with Crippen LogP contribution in [0.25, 0.3) is 0 Å². The van der Waals surface area contributed by atoms with Crippen molar-refractivity contribution in [2.24, 2.45) is 11.7 Å². The van der Waals surface area contributed by atoms with Gasteiger partial charge in [-0.25, -0.2) is 0 Å². The molecule has 1 aliphatic rings. The predicted molar refractivity (Wildman–Crippen MR) is 73.5 cm³/mol. The normalized spacial score (nSPS) is 25.4. The lowest BCUT2D eigenvalue weighted by molar-refractivity contribution is 0.244. The summed E-state index contributed by atoms with van der Waals surface area (Å²) in [4.78, 5) is 6.69. The van der Waals surface area contributed by atoms with Crippen LogP contribution < -0.4 is 10.6 Å². The fourth-order valence-electron chi connectivity index (χ4n) is 2.60. The molecule has 1 aromatic heterocycles. The van der Waals surface area contributed by atoms with E-state index in [1.165, 1.54) is 0 Å². The van der Waals surface area contributed by atoms with E-state index in [4.69, 9.17) is 5.73 Å². The zero-order valence-electron chi connectivity index (χ0n) is 11.2. The van der Waals surface area contributed by atoms with E-state index in [1.807, 2.05) is 12.3 Å². The SMILES string of the molecule is CC[C@@H](N)c1ccc(N2CCC(C)C2CO)cn1. The molecule has 0 amide bonds. The van der Waals surface area contributed by atoms with Crippen LogP contribution in [0.4, 0.5) is 5.69 Å². The highest BCUT2D eigenvalue weighted by Crippen LogP contribution is 2.29. The van der Waals surface area contributed by atoms with Crippen molar-refractivity contribution >= 4 is 5.69 Å². The van der Waals surface area contributed by atoms with Crippen LogP contribution in [0.15, 0.2) is 18.3 Å². The van der Waals surface area contributed by atoms with Crippen LogP contribution in [0.1, 0.15) is 38.4 Å². The second-order valence-corrected chi connectivity index (χ2v) is 5.17. The topological polar surface area (TPSA) is 62.4 Å². The Hall–Kier alpha value is -1.13. The largest absolute Gasteiger partial charge is 0.394 e. The van der Waals surface area contributed by atoms with Gasteiger partial charge in [-0.15, -0.1) is 0 Å². The molecule has 18 heavy (non-hydrogen) atoms. The van der Waals surface area contributed by atoms with E-state index < -0.39 is 0 Å². The molecule has 4 heteroatoms. The lowest BCUT2D eigenvalue weighted by Gasteiger charge is -2.27. The van der Waals surface area contributed by atoms with E-state index in [0.717, 1.165) is 30.8 Å². The highest BCUT2D eigenvalue weighted by Gasteiger charge is 2.30. The van der Waals surface area contributed by atoms with Gasteiger partial charge in [0, 0.05) is 12.6 Å². The zero-order chi connectivity index (χ0) is 13.1. The van der Waals surface area contributed by atoms with Gasteiger partial charge in [-0.2, -0.15) is 0 Å². The number of aliphatic hydroxyl groups is 1. The van der Waals surface area contributed by atoms with E-state index >= 15 is 0 Å². The average Bonchev–Trinajstić information content (AvgIpc) is 2.79. The summed E-state index contributed by atoms with van der Waals surface area (Å²) in [5.74, 6) is 0.535. The maximum atomic E-state index is 9.47. The third kappa shape index (κ3) is 2.49. The van der Waals surface area contributed by atoms with Gasteiger partial charge in [-0.05, 0) is 30.9 Å². The van der Waals surface area contributed by atoms with Crippen molar-refractivity contribution in [3.05, 3.63) is 24.0 Å². The van der Waals surface area contributed by atoms with Crippen LogP contribution in [-0.2, 0) is 0 Å². The van der Waals surface area contributed by atoms with Crippen molar-refractivity contribution in [2.75, 3.05) is 18.1 Å². The molecule has 3 atom stereocenters. The Kier molecular flexibility index (Phi) is 4.19. The number of rotatable bonds is 4. The molecular formula is C14H23N3O. The Bertz CT molecular complexity index is 379. The first-order valence-corrected chi connectivity index (χ1v) is 6.76. The molecule has 1 aliphatic heterocycles. The Morgan fingerprint density at radius 2 is 2.33 bits per heavy atom. The van der Waals surface area contributed by atoms with Crippen molar-refractivity contribution in [1.82, 2.24) is 4.98 Å². The Labute approximate surface area is 109 Å². The summed E-state index contributed by atoms with van der Waals surface area (Å²) in [5, 5.41) is 9.47. The van der Waals surface area contributed by atoms with Gasteiger partial charge in [0.15, 0.2) is 0 Å². The Morgan fingerprint density at radius 1 is 1.56 bits per heavy atom. The van der Waals surface area contributed by atoms with Crippen molar-refractivity contribution in [3.63, 3.8) is 0 Å². The van der Waals surface area contributed by atoms with E-state index in [1.54, 1.807) is 0 Å². The average molecular weight is 249 g/mol. The van der Waals surface area contributed by atoms with Gasteiger partial charge < -0.3 is 15.7 Å². The first kappa shape index (κ1) is 13.3. The Morgan fingerprint density at radius 3 is 2.89 bits per heavy atom. The van der Waals surface area contributed by atoms with E-state index in [-0.39, 0.29) is 18.7 Å². The van der Waals surface area contributed by atoms with Gasteiger partial charge >= 0.3 is 0 Å². The molecule has 1 aromatic rings. The number of nitrogens with two attached hydrogens (primary N) is 1. The van der Waals surface area contributed by atoms with Crippen molar-refractivity contribution < 1.29 is 5.11 Å². The molecule has 2 heterocycles. The van der Waals surface area contributed by atoms with E-state index in [9.17, 15) is 5.11 Å². The van der Waals surface area contributed by atoms with Gasteiger partial charge in [0.25, 0.3) is 0 Å². The molecule has 0 spiro atoms. The number of aliphatic hydroxyl groups excluding tert-OH is 1. The molecule has 0 aliphatic carbocycles. The fourth-order valence-corrected chi connectivity index (χ4v) is 2.60. The summed E-state index contributed by atoms with van der Waals surface area (Å²) in [6, 6.07) is 4.31. The van der Waals surface area contributed by atoms with Gasteiger partial charge in [-0.3, -0.25) is 4.98 Å². The molecule has 0 bridgehead atoms. The van der Waals surface area contributed by atoms with Crippen LogP contribution in [0.5, 0.6) is 0 Å². The maximum absolute atomic E-state index is 9.47. The maximum Gasteiger partial charge on any atom is 0.0637 e. The number of nitrogens with zero attached hydrogens (tertiary/aromatic N) is 2. The van der Waals surface area contributed by atoms with E-state index in [2.05, 4.69) is 29.8 Å². The minimum absolute atomic E-state index is 0.0187. The molecule has 100 valence electrons. The van der Waals surface area contributed by atoms with Crippen molar-refractivity contribution in [3.8, 4) is 0 Å². The number of hydrogen-bond acceptors (Lipinski definition) is 4. The molecule has 0 saturated carbocycles. The van der Waals surface area contributed by atoms with Gasteiger partial charge in [0.2, 0.25) is 0 Å². The van der Waals surface area contributed by atoms with Crippen LogP contribution in [-0.4, -0.2) is 29.3 Å². The van der Waals surface area contributed by atoms with Crippen LogP contribution in [0, 0.1) is 5.92 Å². The molecular weight excluding hydrogens is 226 g/mol. The summed E-state index contributed by atoms with van der Waals surface area (Å²) < 4.78 is 0. The summed E-state index contributed by atoms with van der Waals surface area (Å²) in [6.07, 6.45) is 3.90. The Balaban J connectivity index is 2.14. The predicted octanol–water partition coefficient (Wildman–Crippen LogP) is 1.70. The molecule has 3 N–H and O–H groups in total. The summed E-state index contributed by atoms with van der Waals surface area (Å²) in [7, 11) is 0. The molecule has 1 fully saturated rings. The zero-order valence-corrected chi connectivity index (χ0v) is 11.2. The van der Waals surface area contributed by atoms with E-state index in [0.29, 0.717) is 5.92 Å². The highest BCUT2D eigenvalue weighted by atomic mass is 16.3. The summed E-state index contributed by atoms with van der Waals surface area (Å²) >= 11 is 0.